The first kappa shape index (κ1) is 20.7. The molecular formula is C25H23N3O2. The van der Waals surface area contributed by atoms with Gasteiger partial charge in [-0.1, -0.05) is 61.5 Å². The molecule has 0 aliphatic rings. The van der Waals surface area contributed by atoms with Crippen LogP contribution in [0.1, 0.15) is 41.2 Å². The minimum Gasteiger partial charge on any atom is -0.478 e. The molecule has 4 N–H and O–H groups in total. The highest BCUT2D eigenvalue weighted by Crippen LogP contribution is 2.35. The fourth-order valence-corrected chi connectivity index (χ4v) is 3.35. The van der Waals surface area contributed by atoms with Crippen molar-refractivity contribution in [1.82, 2.24) is 4.98 Å². The van der Waals surface area contributed by atoms with Crippen LogP contribution < -0.4 is 5.73 Å². The van der Waals surface area contributed by atoms with Gasteiger partial charge in [0, 0.05) is 29.6 Å². The van der Waals surface area contributed by atoms with Gasteiger partial charge in [0.15, 0.2) is 0 Å². The number of hydrogen-bond acceptors (Lipinski definition) is 4. The lowest BCUT2D eigenvalue weighted by Gasteiger charge is -2.17. The minimum absolute atomic E-state index is 0.319. The van der Waals surface area contributed by atoms with E-state index in [9.17, 15) is 4.79 Å². The summed E-state index contributed by atoms with van der Waals surface area (Å²) in [5.41, 5.74) is 12.4. The van der Waals surface area contributed by atoms with Crippen LogP contribution in [-0.2, 0) is 4.79 Å². The third-order valence-corrected chi connectivity index (χ3v) is 4.79. The first-order valence-electron chi connectivity index (χ1n) is 9.59. The first-order valence-corrected chi connectivity index (χ1v) is 9.59. The summed E-state index contributed by atoms with van der Waals surface area (Å²) in [5.74, 6) is -0.663. The molecule has 0 spiro atoms. The Morgan fingerprint density at radius 2 is 1.77 bits per heavy atom. The van der Waals surface area contributed by atoms with Crippen LogP contribution >= 0.6 is 0 Å². The largest absolute Gasteiger partial charge is 0.478 e. The smallest absolute Gasteiger partial charge is 0.328 e. The van der Waals surface area contributed by atoms with E-state index >= 15 is 0 Å². The molecule has 0 aliphatic heterocycles. The van der Waals surface area contributed by atoms with Crippen LogP contribution in [0.3, 0.4) is 0 Å². The molecule has 5 nitrogen and oxygen atoms in total. The Hall–Kier alpha value is -3.99. The number of aliphatic carboxylic acids is 1. The van der Waals surface area contributed by atoms with Crippen molar-refractivity contribution in [2.45, 2.75) is 13.3 Å². The Labute approximate surface area is 175 Å². The molecule has 1 heterocycles. The minimum atomic E-state index is -0.982. The number of nitrogens with one attached hydrogen (secondary N) is 1. The van der Waals surface area contributed by atoms with Crippen LogP contribution in [0.15, 0.2) is 72.9 Å². The maximum Gasteiger partial charge on any atom is 0.328 e. The second-order valence-corrected chi connectivity index (χ2v) is 6.71. The van der Waals surface area contributed by atoms with Crippen LogP contribution in [0.5, 0.6) is 0 Å². The van der Waals surface area contributed by atoms with Crippen molar-refractivity contribution in [3.8, 4) is 0 Å². The van der Waals surface area contributed by atoms with Crippen molar-refractivity contribution in [2.24, 2.45) is 0 Å². The average molecular weight is 397 g/mol. The molecule has 5 heteroatoms. The fraction of sp³-hybridized carbons (Fsp3) is 0.0800. The van der Waals surface area contributed by atoms with E-state index in [1.807, 2.05) is 48.5 Å². The quantitative estimate of drug-likeness (QED) is 0.292. The topological polar surface area (TPSA) is 100 Å². The molecule has 0 amide bonds. The molecule has 0 unspecified atom stereocenters. The molecule has 0 saturated heterocycles. The highest BCUT2D eigenvalue weighted by Gasteiger charge is 2.14. The van der Waals surface area contributed by atoms with Gasteiger partial charge in [0.05, 0.1) is 0 Å². The van der Waals surface area contributed by atoms with Crippen molar-refractivity contribution in [3.63, 3.8) is 0 Å². The lowest BCUT2D eigenvalue weighted by molar-refractivity contribution is -0.131. The maximum atomic E-state index is 10.8. The summed E-state index contributed by atoms with van der Waals surface area (Å²) >= 11 is 0. The van der Waals surface area contributed by atoms with Gasteiger partial charge in [-0.3, -0.25) is 0 Å². The fourth-order valence-electron chi connectivity index (χ4n) is 3.35. The highest BCUT2D eigenvalue weighted by molar-refractivity contribution is 5.99. The van der Waals surface area contributed by atoms with Gasteiger partial charge in [-0.15, -0.1) is 0 Å². The van der Waals surface area contributed by atoms with E-state index in [0.717, 1.165) is 45.9 Å². The summed E-state index contributed by atoms with van der Waals surface area (Å²) in [6.45, 7) is 2.11. The van der Waals surface area contributed by atoms with Crippen LogP contribution in [-0.4, -0.2) is 22.3 Å². The standard InChI is InChI=1S/C25H23N3O2/c1-2-22(18-6-4-3-5-7-18)24(21-14-20(15-26)25(27)28-16-21)19-11-8-17(9-12-19)10-13-23(29)30/h3-16,26H,2H2,1H3,(H2,27,28)(H,29,30)/b13-10+,24-22+,26-15?. The zero-order chi connectivity index (χ0) is 21.5. The predicted molar refractivity (Wildman–Crippen MR) is 122 cm³/mol. The summed E-state index contributed by atoms with van der Waals surface area (Å²) in [5, 5.41) is 16.5. The number of allylic oxidation sites excluding steroid dienone is 1. The third kappa shape index (κ3) is 4.70. The van der Waals surface area contributed by atoms with Crippen LogP contribution in [0.2, 0.25) is 0 Å². The third-order valence-electron chi connectivity index (χ3n) is 4.79. The van der Waals surface area contributed by atoms with Crippen LogP contribution in [0.25, 0.3) is 17.2 Å². The van der Waals surface area contributed by atoms with Crippen LogP contribution in [0.4, 0.5) is 5.82 Å². The number of hydrogen-bond donors (Lipinski definition) is 3. The molecule has 1 aromatic heterocycles. The average Bonchev–Trinajstić information content (AvgIpc) is 2.77. The van der Waals surface area contributed by atoms with E-state index < -0.39 is 5.97 Å². The maximum absolute atomic E-state index is 10.8. The lowest BCUT2D eigenvalue weighted by Crippen LogP contribution is -2.01. The van der Waals surface area contributed by atoms with Crippen molar-refractivity contribution in [3.05, 3.63) is 101 Å². The van der Waals surface area contributed by atoms with Gasteiger partial charge in [-0.05, 0) is 46.4 Å². The van der Waals surface area contributed by atoms with E-state index in [0.29, 0.717) is 11.4 Å². The molecule has 30 heavy (non-hydrogen) atoms. The number of pyridine rings is 1. The molecule has 0 radical (unpaired) electrons. The molecule has 0 atom stereocenters. The molecule has 0 aliphatic carbocycles. The van der Waals surface area contributed by atoms with Crippen molar-refractivity contribution in [2.75, 3.05) is 5.73 Å². The molecule has 3 aromatic rings. The Morgan fingerprint density at radius 3 is 2.37 bits per heavy atom. The van der Waals surface area contributed by atoms with Gasteiger partial charge in [0.25, 0.3) is 0 Å². The summed E-state index contributed by atoms with van der Waals surface area (Å²) in [6.07, 6.45) is 6.41. The Balaban J connectivity index is 2.21. The number of nitrogens with zero attached hydrogens (tertiary/aromatic N) is 1. The molecular weight excluding hydrogens is 374 g/mol. The number of nitrogens with two attached hydrogens (primary N) is 1. The van der Waals surface area contributed by atoms with Crippen molar-refractivity contribution in [1.29, 1.82) is 5.41 Å². The Morgan fingerprint density at radius 1 is 1.07 bits per heavy atom. The number of rotatable bonds is 7. The number of benzene rings is 2. The number of carboxylic acids is 1. The van der Waals surface area contributed by atoms with Gasteiger partial charge in [-0.25, -0.2) is 9.78 Å². The van der Waals surface area contributed by atoms with Crippen LogP contribution in [0, 0.1) is 5.41 Å². The summed E-state index contributed by atoms with van der Waals surface area (Å²) in [7, 11) is 0. The summed E-state index contributed by atoms with van der Waals surface area (Å²) < 4.78 is 0. The highest BCUT2D eigenvalue weighted by atomic mass is 16.4. The Bertz CT molecular complexity index is 1110. The second kappa shape index (κ2) is 9.47. The van der Waals surface area contributed by atoms with Gasteiger partial charge >= 0.3 is 5.97 Å². The van der Waals surface area contributed by atoms with E-state index in [1.165, 1.54) is 6.21 Å². The number of carboxylic acid groups (broad SMARTS) is 1. The van der Waals surface area contributed by atoms with E-state index in [-0.39, 0.29) is 0 Å². The van der Waals surface area contributed by atoms with Crippen molar-refractivity contribution >= 4 is 35.2 Å². The van der Waals surface area contributed by atoms with E-state index in [4.69, 9.17) is 16.2 Å². The molecule has 0 fully saturated rings. The normalized spacial score (nSPS) is 11.9. The first-order chi connectivity index (χ1) is 14.5. The second-order valence-electron chi connectivity index (χ2n) is 6.71. The number of nitrogen functional groups attached to an aromatic ring is 1. The van der Waals surface area contributed by atoms with Gasteiger partial charge < -0.3 is 16.2 Å². The molecule has 3 rings (SSSR count). The number of anilines is 1. The lowest BCUT2D eigenvalue weighted by atomic mass is 9.88. The molecule has 0 bridgehead atoms. The monoisotopic (exact) mass is 397 g/mol. The number of aromatic nitrogens is 1. The predicted octanol–water partition coefficient (Wildman–Crippen LogP) is 5.13. The molecule has 150 valence electrons. The summed E-state index contributed by atoms with van der Waals surface area (Å²) in [4.78, 5) is 15.1. The zero-order valence-electron chi connectivity index (χ0n) is 16.7. The SMILES string of the molecule is CC/C(=C(/c1ccc(/C=C/C(=O)O)cc1)c1cnc(N)c(C=N)c1)c1ccccc1. The van der Waals surface area contributed by atoms with Crippen molar-refractivity contribution < 1.29 is 9.90 Å². The van der Waals surface area contributed by atoms with E-state index in [1.54, 1.807) is 12.3 Å². The van der Waals surface area contributed by atoms with Gasteiger partial charge in [0.2, 0.25) is 0 Å². The van der Waals surface area contributed by atoms with Gasteiger partial charge in [-0.2, -0.15) is 0 Å². The number of carbonyl (C=O) groups is 1. The Kier molecular flexibility index (Phi) is 6.55. The van der Waals surface area contributed by atoms with E-state index in [2.05, 4.69) is 24.0 Å². The molecule has 0 saturated carbocycles. The zero-order valence-corrected chi connectivity index (χ0v) is 16.7. The van der Waals surface area contributed by atoms with Gasteiger partial charge in [0.1, 0.15) is 5.82 Å². The molecule has 2 aromatic carbocycles. The summed E-state index contributed by atoms with van der Waals surface area (Å²) in [6, 6.07) is 19.7.